The molecule has 4 aromatic heterocycles. The Kier molecular flexibility index (Phi) is 14.7. The average Bonchev–Trinajstić information content (AvgIpc) is 3.70. The van der Waals surface area contributed by atoms with Gasteiger partial charge < -0.3 is 18.1 Å². The van der Waals surface area contributed by atoms with E-state index in [0.717, 1.165) is 23.3 Å². The molecule has 0 amide bonds. The van der Waals surface area contributed by atoms with Crippen LogP contribution in [0.3, 0.4) is 0 Å². The molecule has 8 nitrogen and oxygen atoms in total. The molecule has 1 atom stereocenters. The third-order valence-corrected chi connectivity index (χ3v) is 5.48. The number of aryl methyl sites for hydroxylation is 1. The van der Waals surface area contributed by atoms with E-state index in [9.17, 15) is 26.3 Å². The lowest BCUT2D eigenvalue weighted by Crippen LogP contribution is -2.04. The molecule has 0 saturated heterocycles. The van der Waals surface area contributed by atoms with E-state index in [2.05, 4.69) is 43.5 Å². The third-order valence-electron chi connectivity index (χ3n) is 5.48. The number of aromatic nitrogens is 4. The zero-order valence-electron chi connectivity index (χ0n) is 26.0. The van der Waals surface area contributed by atoms with E-state index < -0.39 is 24.5 Å². The van der Waals surface area contributed by atoms with Crippen LogP contribution in [0, 0.1) is 6.92 Å². The van der Waals surface area contributed by atoms with E-state index in [-0.39, 0.29) is 29.3 Å². The molecule has 0 spiro atoms. The monoisotopic (exact) mass is 622 g/mol. The molecule has 4 rings (SSSR count). The van der Waals surface area contributed by atoms with Crippen molar-refractivity contribution in [2.24, 2.45) is 0 Å². The van der Waals surface area contributed by atoms with Crippen molar-refractivity contribution in [2.45, 2.75) is 112 Å². The predicted molar refractivity (Wildman–Crippen MR) is 147 cm³/mol. The molecule has 242 valence electrons. The second-order valence-electron chi connectivity index (χ2n) is 10.8. The number of rotatable bonds is 6. The van der Waals surface area contributed by atoms with E-state index in [1.54, 1.807) is 19.9 Å². The van der Waals surface area contributed by atoms with E-state index in [1.807, 2.05) is 40.7 Å². The molecule has 14 heteroatoms. The molecule has 4 aromatic rings. The first kappa shape index (κ1) is 37.4. The molecule has 0 bridgehead atoms. The minimum absolute atomic E-state index is 0.0754. The number of hydrogen-bond donors (Lipinski definition) is 0. The van der Waals surface area contributed by atoms with E-state index >= 15 is 0 Å². The van der Waals surface area contributed by atoms with E-state index in [4.69, 9.17) is 9.05 Å². The highest BCUT2D eigenvalue weighted by atomic mass is 19.4. The Morgan fingerprint density at radius 3 is 1.21 bits per heavy atom. The van der Waals surface area contributed by atoms with Gasteiger partial charge in [-0.1, -0.05) is 76.0 Å². The standard InChI is InChI=1S/C8H12FNO.C7H8F3NO.C7H9F2NO.C7H11NO/c1-5(2)8-4-7(6(3)9)10-11-8;1-4(2)5-3-6(11-12-5)7(8,9)10;1-4(2)5-3-6(7(8)9)11-10-5;1-5(2)7-4-6(3)8-9-7/h4-6H,1-3H3;3-4H,1-2H3;3-4,7H,1-2H3;4-5H,1-3H3. The average molecular weight is 623 g/mol. The Bertz CT molecular complexity index is 1220. The molecular formula is C29H40F6N4O4. The topological polar surface area (TPSA) is 104 Å². The van der Waals surface area contributed by atoms with Gasteiger partial charge in [-0.2, -0.15) is 13.2 Å². The fourth-order valence-corrected chi connectivity index (χ4v) is 2.79. The van der Waals surface area contributed by atoms with Gasteiger partial charge in [-0.25, -0.2) is 13.2 Å². The van der Waals surface area contributed by atoms with Gasteiger partial charge in [-0.3, -0.25) is 0 Å². The summed E-state index contributed by atoms with van der Waals surface area (Å²) in [7, 11) is 0. The molecule has 0 aliphatic carbocycles. The van der Waals surface area contributed by atoms with Crippen molar-refractivity contribution >= 4 is 0 Å². The maximum Gasteiger partial charge on any atom is 0.436 e. The van der Waals surface area contributed by atoms with Crippen molar-refractivity contribution < 1.29 is 44.4 Å². The quantitative estimate of drug-likeness (QED) is 0.196. The molecule has 4 heterocycles. The van der Waals surface area contributed by atoms with Gasteiger partial charge in [0.2, 0.25) is 5.76 Å². The summed E-state index contributed by atoms with van der Waals surface area (Å²) >= 11 is 0. The van der Waals surface area contributed by atoms with Crippen LogP contribution in [0.15, 0.2) is 42.4 Å². The second-order valence-corrected chi connectivity index (χ2v) is 10.8. The second kappa shape index (κ2) is 16.9. The third kappa shape index (κ3) is 13.1. The highest BCUT2D eigenvalue weighted by Gasteiger charge is 2.35. The van der Waals surface area contributed by atoms with Crippen LogP contribution < -0.4 is 0 Å². The zero-order chi connectivity index (χ0) is 33.1. The maximum absolute atomic E-state index is 12.6. The Morgan fingerprint density at radius 1 is 0.535 bits per heavy atom. The first-order chi connectivity index (χ1) is 19.8. The predicted octanol–water partition coefficient (Wildman–Crippen LogP) is 10.5. The summed E-state index contributed by atoms with van der Waals surface area (Å²) in [4.78, 5) is 0. The first-order valence-electron chi connectivity index (χ1n) is 13.7. The Balaban J connectivity index is 0.000000288. The van der Waals surface area contributed by atoms with Gasteiger partial charge in [0, 0.05) is 42.0 Å². The number of halogens is 6. The van der Waals surface area contributed by atoms with Gasteiger partial charge in [0.05, 0.1) is 11.4 Å². The van der Waals surface area contributed by atoms with Gasteiger partial charge in [0.15, 0.2) is 5.69 Å². The fourth-order valence-electron chi connectivity index (χ4n) is 2.79. The molecule has 43 heavy (non-hydrogen) atoms. The van der Waals surface area contributed by atoms with Crippen molar-refractivity contribution in [1.82, 2.24) is 20.6 Å². The molecule has 0 aromatic carbocycles. The minimum atomic E-state index is -4.41. The largest absolute Gasteiger partial charge is 0.436 e. The summed E-state index contributed by atoms with van der Waals surface area (Å²) in [6, 6.07) is 5.83. The van der Waals surface area contributed by atoms with Crippen molar-refractivity contribution in [3.63, 3.8) is 0 Å². The molecule has 0 aliphatic heterocycles. The highest BCUT2D eigenvalue weighted by Crippen LogP contribution is 2.30. The van der Waals surface area contributed by atoms with Crippen LogP contribution in [0.1, 0.15) is 144 Å². The normalized spacial score (nSPS) is 12.2. The molecule has 0 aliphatic rings. The number of hydrogen-bond acceptors (Lipinski definition) is 8. The maximum atomic E-state index is 12.6. The minimum Gasteiger partial charge on any atom is -0.361 e. The molecule has 0 fully saturated rings. The van der Waals surface area contributed by atoms with Crippen LogP contribution in [-0.2, 0) is 6.18 Å². The summed E-state index contributed by atoms with van der Waals surface area (Å²) in [5.41, 5.74) is 0.943. The molecular weight excluding hydrogens is 582 g/mol. The first-order valence-corrected chi connectivity index (χ1v) is 13.7. The Morgan fingerprint density at radius 2 is 0.953 bits per heavy atom. The summed E-state index contributed by atoms with van der Waals surface area (Å²) in [6.45, 7) is 18.7. The van der Waals surface area contributed by atoms with Crippen LogP contribution in [0.5, 0.6) is 0 Å². The summed E-state index contributed by atoms with van der Waals surface area (Å²) in [6.07, 6.45) is -8.00. The molecule has 0 N–H and O–H groups in total. The zero-order valence-corrected chi connectivity index (χ0v) is 26.0. The smallest absolute Gasteiger partial charge is 0.361 e. The van der Waals surface area contributed by atoms with Crippen molar-refractivity contribution in [3.8, 4) is 0 Å². The van der Waals surface area contributed by atoms with Gasteiger partial charge in [0.25, 0.3) is 6.43 Å². The van der Waals surface area contributed by atoms with E-state index in [1.165, 1.54) is 13.0 Å². The molecule has 0 radical (unpaired) electrons. The highest BCUT2D eigenvalue weighted by molar-refractivity contribution is 5.12. The van der Waals surface area contributed by atoms with Crippen molar-refractivity contribution in [1.29, 1.82) is 0 Å². The van der Waals surface area contributed by atoms with Crippen LogP contribution in [-0.4, -0.2) is 20.6 Å². The fraction of sp³-hybridized carbons (Fsp3) is 0.586. The molecule has 0 saturated carbocycles. The Labute approximate surface area is 247 Å². The van der Waals surface area contributed by atoms with Crippen molar-refractivity contribution in [2.75, 3.05) is 0 Å². The summed E-state index contributed by atoms with van der Waals surface area (Å²) in [5, 5.41) is 13.7. The van der Waals surface area contributed by atoms with E-state index in [0.29, 0.717) is 17.3 Å². The Hall–Kier alpha value is -3.58. The van der Waals surface area contributed by atoms with Crippen LogP contribution in [0.4, 0.5) is 26.3 Å². The summed E-state index contributed by atoms with van der Waals surface area (Å²) < 4.78 is 91.0. The SMILES string of the molecule is CC(C)c1cc(C(C)F)no1.CC(C)c1cc(C(F)(F)F)no1.CC(C)c1cc(C(F)F)on1.Cc1cc(C(C)C)on1. The summed E-state index contributed by atoms with van der Waals surface area (Å²) in [5.74, 6) is 2.38. The lowest BCUT2D eigenvalue weighted by Gasteiger charge is -1.97. The van der Waals surface area contributed by atoms with Gasteiger partial charge >= 0.3 is 6.18 Å². The van der Waals surface area contributed by atoms with Gasteiger partial charge in [0.1, 0.15) is 29.1 Å². The van der Waals surface area contributed by atoms with Crippen molar-refractivity contribution in [3.05, 3.63) is 70.1 Å². The van der Waals surface area contributed by atoms with Gasteiger partial charge in [-0.05, 0) is 19.8 Å². The van der Waals surface area contributed by atoms with Crippen LogP contribution >= 0.6 is 0 Å². The van der Waals surface area contributed by atoms with Gasteiger partial charge in [-0.15, -0.1) is 0 Å². The number of alkyl halides is 6. The van der Waals surface area contributed by atoms with Crippen LogP contribution in [0.25, 0.3) is 0 Å². The lowest BCUT2D eigenvalue weighted by molar-refractivity contribution is -0.142. The molecule has 1 unspecified atom stereocenters. The lowest BCUT2D eigenvalue weighted by atomic mass is 10.1. The number of nitrogens with zero attached hydrogens (tertiary/aromatic N) is 4. The van der Waals surface area contributed by atoms with Crippen LogP contribution in [0.2, 0.25) is 0 Å².